The average Bonchev–Trinajstić information content (AvgIpc) is 3.15. The highest BCUT2D eigenvalue weighted by molar-refractivity contribution is 7.90. The molecule has 172 valence electrons. The maximum absolute atomic E-state index is 12.4. The van der Waals surface area contributed by atoms with E-state index in [9.17, 15) is 8.42 Å². The summed E-state index contributed by atoms with van der Waals surface area (Å²) < 4.78 is 32.3. The molecular weight excluding hydrogens is 448 g/mol. The van der Waals surface area contributed by atoms with Gasteiger partial charge < -0.3 is 4.74 Å². The van der Waals surface area contributed by atoms with Gasteiger partial charge in [-0.25, -0.2) is 13.4 Å². The van der Waals surface area contributed by atoms with Crippen molar-refractivity contribution in [2.24, 2.45) is 0 Å². The quantitative estimate of drug-likeness (QED) is 0.227. The molecule has 1 aromatic heterocycles. The van der Waals surface area contributed by atoms with Crippen LogP contribution in [0.25, 0.3) is 33.3 Å². The highest BCUT2D eigenvalue weighted by Crippen LogP contribution is 2.28. The number of sulfone groups is 1. The van der Waals surface area contributed by atoms with Gasteiger partial charge in [0.15, 0.2) is 0 Å². The lowest BCUT2D eigenvalue weighted by molar-refractivity contribution is 0.0838. The fourth-order valence-electron chi connectivity index (χ4n) is 3.71. The molecular formula is C26H30N2O3SSi. The predicted octanol–water partition coefficient (Wildman–Crippen LogP) is 6.09. The van der Waals surface area contributed by atoms with Crippen LogP contribution in [0.2, 0.25) is 25.7 Å². The first-order chi connectivity index (χ1) is 15.6. The molecule has 4 rings (SSSR count). The molecule has 0 aliphatic heterocycles. The Morgan fingerprint density at radius 3 is 2.03 bits per heavy atom. The van der Waals surface area contributed by atoms with Crippen LogP contribution in [0.1, 0.15) is 0 Å². The van der Waals surface area contributed by atoms with Gasteiger partial charge in [0.05, 0.1) is 11.0 Å². The van der Waals surface area contributed by atoms with Crippen LogP contribution >= 0.6 is 0 Å². The fourth-order valence-corrected chi connectivity index (χ4v) is 5.29. The lowest BCUT2D eigenvalue weighted by Crippen LogP contribution is -2.22. The molecule has 0 saturated heterocycles. The van der Waals surface area contributed by atoms with Gasteiger partial charge in [-0.15, -0.1) is 0 Å². The molecule has 0 N–H and O–H groups in total. The molecule has 0 fully saturated rings. The van der Waals surface area contributed by atoms with Gasteiger partial charge in [0.1, 0.15) is 6.73 Å². The van der Waals surface area contributed by atoms with Crippen molar-refractivity contribution >= 4 is 28.9 Å². The normalized spacial score (nSPS) is 12.4. The Hall–Kier alpha value is -2.74. The van der Waals surface area contributed by atoms with E-state index in [1.807, 2.05) is 36.4 Å². The highest BCUT2D eigenvalue weighted by Gasteiger charge is 2.20. The number of fused-ring (bicyclic) bond motifs is 1. The molecule has 5 nitrogen and oxygen atoms in total. The first kappa shape index (κ1) is 23.4. The molecule has 0 aliphatic rings. The number of imidazole rings is 1. The van der Waals surface area contributed by atoms with E-state index in [0.717, 1.165) is 28.3 Å². The Bertz CT molecular complexity index is 1360. The second-order valence-corrected chi connectivity index (χ2v) is 17.1. The molecule has 1 heterocycles. The topological polar surface area (TPSA) is 61.2 Å². The summed E-state index contributed by atoms with van der Waals surface area (Å²) in [5, 5.41) is 0.0436. The van der Waals surface area contributed by atoms with Crippen molar-refractivity contribution in [2.75, 3.05) is 12.9 Å². The number of benzene rings is 3. The first-order valence-electron chi connectivity index (χ1n) is 11.1. The number of hydrogen-bond donors (Lipinski definition) is 0. The minimum atomic E-state index is -3.49. The van der Waals surface area contributed by atoms with Crippen LogP contribution in [0.15, 0.2) is 78.0 Å². The van der Waals surface area contributed by atoms with Crippen LogP contribution < -0.4 is 0 Å². The van der Waals surface area contributed by atoms with Gasteiger partial charge in [0.2, 0.25) is 15.0 Å². The molecule has 7 heteroatoms. The monoisotopic (exact) mass is 478 g/mol. The summed E-state index contributed by atoms with van der Waals surface area (Å²) in [6.45, 7) is 7.66. The third-order valence-electron chi connectivity index (χ3n) is 5.59. The predicted molar refractivity (Wildman–Crippen MR) is 138 cm³/mol. The molecule has 0 atom stereocenters. The molecule has 3 aromatic carbocycles. The van der Waals surface area contributed by atoms with E-state index < -0.39 is 17.9 Å². The van der Waals surface area contributed by atoms with Gasteiger partial charge in [0, 0.05) is 20.9 Å². The molecule has 33 heavy (non-hydrogen) atoms. The van der Waals surface area contributed by atoms with Crippen molar-refractivity contribution in [1.82, 2.24) is 9.55 Å². The Morgan fingerprint density at radius 1 is 0.848 bits per heavy atom. The summed E-state index contributed by atoms with van der Waals surface area (Å²) in [5.41, 5.74) is 5.77. The SMILES string of the molecule is C[Si](C)(C)CCOCn1c(S(C)(=O)=O)nc2cc(-c3ccc(-c4ccccc4)cc3)ccc21. The van der Waals surface area contributed by atoms with E-state index in [1.165, 1.54) is 11.8 Å². The van der Waals surface area contributed by atoms with E-state index in [2.05, 4.69) is 61.0 Å². The zero-order valence-corrected chi connectivity index (χ0v) is 21.4. The van der Waals surface area contributed by atoms with Gasteiger partial charge in [-0.2, -0.15) is 0 Å². The summed E-state index contributed by atoms with van der Waals surface area (Å²) in [6, 6.07) is 25.5. The Morgan fingerprint density at radius 2 is 1.42 bits per heavy atom. The highest BCUT2D eigenvalue weighted by atomic mass is 32.2. The zero-order valence-electron chi connectivity index (χ0n) is 19.6. The third kappa shape index (κ3) is 5.61. The molecule has 0 spiro atoms. The van der Waals surface area contributed by atoms with Crippen molar-refractivity contribution in [3.63, 3.8) is 0 Å². The molecule has 0 amide bonds. The van der Waals surface area contributed by atoms with Crippen LogP contribution in [0.5, 0.6) is 0 Å². The number of ether oxygens (including phenoxy) is 1. The van der Waals surface area contributed by atoms with Crippen LogP contribution in [0.3, 0.4) is 0 Å². The largest absolute Gasteiger partial charge is 0.361 e. The molecule has 0 saturated carbocycles. The number of hydrogen-bond acceptors (Lipinski definition) is 4. The van der Waals surface area contributed by atoms with Gasteiger partial charge in [-0.3, -0.25) is 4.57 Å². The van der Waals surface area contributed by atoms with Crippen LogP contribution in [-0.4, -0.2) is 38.9 Å². The Labute approximate surface area is 197 Å². The van der Waals surface area contributed by atoms with Crippen molar-refractivity contribution in [1.29, 1.82) is 0 Å². The lowest BCUT2D eigenvalue weighted by atomic mass is 10.00. The smallest absolute Gasteiger partial charge is 0.230 e. The number of aromatic nitrogens is 2. The standard InChI is InChI=1S/C26H30N2O3SSi/c1-32(29,30)26-27-24-18-23(14-15-25(24)28(26)19-31-16-17-33(2,3)4)22-12-10-21(11-13-22)20-8-6-5-7-9-20/h5-15,18H,16-17,19H2,1-4H3. The van der Waals surface area contributed by atoms with Crippen LogP contribution in [0.4, 0.5) is 0 Å². The number of nitrogens with zero attached hydrogens (tertiary/aromatic N) is 2. The van der Waals surface area contributed by atoms with E-state index in [0.29, 0.717) is 12.1 Å². The van der Waals surface area contributed by atoms with Gasteiger partial charge in [-0.05, 0) is 40.4 Å². The van der Waals surface area contributed by atoms with Crippen molar-refractivity contribution in [2.45, 2.75) is 37.6 Å². The third-order valence-corrected chi connectivity index (χ3v) is 8.27. The summed E-state index contributed by atoms with van der Waals surface area (Å²) in [4.78, 5) is 4.47. The molecule has 0 radical (unpaired) electrons. The molecule has 0 bridgehead atoms. The van der Waals surface area contributed by atoms with Gasteiger partial charge in [-0.1, -0.05) is 80.3 Å². The van der Waals surface area contributed by atoms with Crippen molar-refractivity contribution < 1.29 is 13.2 Å². The second-order valence-electron chi connectivity index (χ2n) is 9.59. The minimum Gasteiger partial charge on any atom is -0.361 e. The second kappa shape index (κ2) is 9.25. The maximum Gasteiger partial charge on any atom is 0.230 e. The van der Waals surface area contributed by atoms with Crippen LogP contribution in [-0.2, 0) is 21.3 Å². The summed E-state index contributed by atoms with van der Waals surface area (Å²) in [6.07, 6.45) is 1.19. The molecule has 0 unspecified atom stereocenters. The molecule has 4 aromatic rings. The van der Waals surface area contributed by atoms with Crippen LogP contribution in [0, 0.1) is 0 Å². The van der Waals surface area contributed by atoms with Crippen molar-refractivity contribution in [3.05, 3.63) is 72.8 Å². The summed E-state index contributed by atoms with van der Waals surface area (Å²) in [5.74, 6) is 0. The lowest BCUT2D eigenvalue weighted by Gasteiger charge is -2.16. The first-order valence-corrected chi connectivity index (χ1v) is 16.7. The van der Waals surface area contributed by atoms with Gasteiger partial charge >= 0.3 is 0 Å². The summed E-state index contributed by atoms with van der Waals surface area (Å²) >= 11 is 0. The van der Waals surface area contributed by atoms with Gasteiger partial charge in [0.25, 0.3) is 0 Å². The van der Waals surface area contributed by atoms with E-state index in [-0.39, 0.29) is 11.9 Å². The molecule has 0 aliphatic carbocycles. The number of rotatable bonds is 8. The summed E-state index contributed by atoms with van der Waals surface area (Å²) in [7, 11) is -4.72. The van der Waals surface area contributed by atoms with E-state index >= 15 is 0 Å². The minimum absolute atomic E-state index is 0.0436. The Balaban J connectivity index is 1.63. The maximum atomic E-state index is 12.4. The Kier molecular flexibility index (Phi) is 6.56. The van der Waals surface area contributed by atoms with E-state index in [4.69, 9.17) is 4.74 Å². The van der Waals surface area contributed by atoms with Crippen molar-refractivity contribution in [3.8, 4) is 22.3 Å². The fraction of sp³-hybridized carbons (Fsp3) is 0.269. The van der Waals surface area contributed by atoms with E-state index in [1.54, 1.807) is 4.57 Å². The zero-order chi connectivity index (χ0) is 23.6. The average molecular weight is 479 g/mol.